The van der Waals surface area contributed by atoms with Crippen LogP contribution in [0.5, 0.6) is 11.5 Å². The van der Waals surface area contributed by atoms with Crippen LogP contribution in [0.3, 0.4) is 0 Å². The average Bonchev–Trinajstić information content (AvgIpc) is 2.80. The number of ether oxygens (including phenoxy) is 2. The van der Waals surface area contributed by atoms with E-state index >= 15 is 0 Å². The minimum Gasteiger partial charge on any atom is -0.495 e. The minimum atomic E-state index is -4.05. The van der Waals surface area contributed by atoms with Crippen LogP contribution in [-0.4, -0.2) is 15.5 Å². The van der Waals surface area contributed by atoms with E-state index in [0.29, 0.717) is 30.9 Å². The molecule has 0 fully saturated rings. The Kier molecular flexibility index (Phi) is 7.75. The van der Waals surface area contributed by atoms with Crippen LogP contribution in [0, 0.1) is 11.3 Å². The summed E-state index contributed by atoms with van der Waals surface area (Å²) in [6.07, 6.45) is 1.02. The second kappa shape index (κ2) is 10.5. The van der Waals surface area contributed by atoms with Gasteiger partial charge in [0.2, 0.25) is 10.0 Å². The predicted molar refractivity (Wildman–Crippen MR) is 128 cm³/mol. The quantitative estimate of drug-likeness (QED) is 0.494. The molecule has 172 valence electrons. The Balaban J connectivity index is 1.93. The normalized spacial score (nSPS) is 11.3. The summed E-state index contributed by atoms with van der Waals surface area (Å²) >= 11 is 0. The Morgan fingerprint density at radius 1 is 1.00 bits per heavy atom. The van der Waals surface area contributed by atoms with Crippen molar-refractivity contribution in [3.63, 3.8) is 0 Å². The van der Waals surface area contributed by atoms with Gasteiger partial charge in [-0.05, 0) is 59.2 Å². The summed E-state index contributed by atoms with van der Waals surface area (Å²) in [5.74, 6) is 1.30. The zero-order chi connectivity index (χ0) is 24.0. The Morgan fingerprint density at radius 2 is 1.70 bits per heavy atom. The maximum absolute atomic E-state index is 12.1. The van der Waals surface area contributed by atoms with Crippen molar-refractivity contribution >= 4 is 10.0 Å². The first kappa shape index (κ1) is 24.3. The molecular formula is C26H28N2O4S. The molecular weight excluding hydrogens is 436 g/mol. The molecule has 3 aromatic carbocycles. The second-order valence-corrected chi connectivity index (χ2v) is 9.65. The summed E-state index contributed by atoms with van der Waals surface area (Å²) in [6, 6.07) is 21.0. The van der Waals surface area contributed by atoms with Crippen LogP contribution >= 0.6 is 0 Å². The lowest BCUT2D eigenvalue weighted by Crippen LogP contribution is -2.15. The van der Waals surface area contributed by atoms with Gasteiger partial charge < -0.3 is 9.47 Å². The SMILES string of the molecule is COc1c(CCc2ccc(C(C)C)cc2OCc2ccccc2)cc(C#N)cc1S(N)(=O)=O. The van der Waals surface area contributed by atoms with Crippen molar-refractivity contribution < 1.29 is 17.9 Å². The number of sulfonamides is 1. The molecule has 3 rings (SSSR count). The van der Waals surface area contributed by atoms with Gasteiger partial charge in [0.05, 0.1) is 18.7 Å². The molecule has 0 aliphatic heterocycles. The van der Waals surface area contributed by atoms with Gasteiger partial charge in [-0.15, -0.1) is 0 Å². The van der Waals surface area contributed by atoms with Crippen LogP contribution in [0.4, 0.5) is 0 Å². The molecule has 0 saturated carbocycles. The molecule has 0 aromatic heterocycles. The number of rotatable bonds is 9. The lowest BCUT2D eigenvalue weighted by molar-refractivity contribution is 0.302. The van der Waals surface area contributed by atoms with Gasteiger partial charge in [0.25, 0.3) is 0 Å². The van der Waals surface area contributed by atoms with Crippen molar-refractivity contribution in [3.05, 3.63) is 88.5 Å². The number of benzene rings is 3. The van der Waals surface area contributed by atoms with E-state index < -0.39 is 10.0 Å². The number of hydrogen-bond acceptors (Lipinski definition) is 5. The van der Waals surface area contributed by atoms with Crippen LogP contribution in [0.2, 0.25) is 0 Å². The van der Waals surface area contributed by atoms with E-state index in [-0.39, 0.29) is 16.2 Å². The van der Waals surface area contributed by atoms with Crippen molar-refractivity contribution in [2.45, 2.75) is 44.1 Å². The van der Waals surface area contributed by atoms with Crippen molar-refractivity contribution in [2.24, 2.45) is 5.14 Å². The number of primary sulfonamides is 1. The first-order valence-electron chi connectivity index (χ1n) is 10.7. The van der Waals surface area contributed by atoms with Crippen LogP contribution in [0.15, 0.2) is 65.6 Å². The molecule has 0 radical (unpaired) electrons. The smallest absolute Gasteiger partial charge is 0.241 e. The summed E-state index contributed by atoms with van der Waals surface area (Å²) in [5, 5.41) is 14.7. The maximum Gasteiger partial charge on any atom is 0.241 e. The summed E-state index contributed by atoms with van der Waals surface area (Å²) in [4.78, 5) is -0.185. The molecule has 0 aliphatic carbocycles. The van der Waals surface area contributed by atoms with E-state index in [1.54, 1.807) is 6.07 Å². The summed E-state index contributed by atoms with van der Waals surface area (Å²) in [6.45, 7) is 4.70. The number of nitriles is 1. The lowest BCUT2D eigenvalue weighted by atomic mass is 9.97. The Hall–Kier alpha value is -3.34. The van der Waals surface area contributed by atoms with Gasteiger partial charge in [0.15, 0.2) is 0 Å². The summed E-state index contributed by atoms with van der Waals surface area (Å²) < 4.78 is 35.7. The van der Waals surface area contributed by atoms with Crippen molar-refractivity contribution in [1.82, 2.24) is 0 Å². The largest absolute Gasteiger partial charge is 0.495 e. The molecule has 0 atom stereocenters. The second-order valence-electron chi connectivity index (χ2n) is 8.12. The topological polar surface area (TPSA) is 102 Å². The van der Waals surface area contributed by atoms with Gasteiger partial charge in [-0.25, -0.2) is 13.6 Å². The van der Waals surface area contributed by atoms with E-state index in [4.69, 9.17) is 14.6 Å². The predicted octanol–water partition coefficient (Wildman–Crippen LogP) is 4.70. The van der Waals surface area contributed by atoms with Gasteiger partial charge in [0.1, 0.15) is 23.0 Å². The van der Waals surface area contributed by atoms with Gasteiger partial charge in [0, 0.05) is 0 Å². The first-order chi connectivity index (χ1) is 15.7. The van der Waals surface area contributed by atoms with Crippen LogP contribution < -0.4 is 14.6 Å². The molecule has 0 aliphatic rings. The molecule has 3 aromatic rings. The molecule has 0 bridgehead atoms. The van der Waals surface area contributed by atoms with E-state index in [1.165, 1.54) is 18.7 Å². The highest BCUT2D eigenvalue weighted by atomic mass is 32.2. The Labute approximate surface area is 195 Å². The molecule has 0 amide bonds. The van der Waals surface area contributed by atoms with Gasteiger partial charge >= 0.3 is 0 Å². The number of aryl methyl sites for hydroxylation is 2. The molecule has 0 spiro atoms. The van der Waals surface area contributed by atoms with E-state index in [9.17, 15) is 13.7 Å². The highest BCUT2D eigenvalue weighted by Crippen LogP contribution is 2.32. The van der Waals surface area contributed by atoms with Crippen molar-refractivity contribution in [3.8, 4) is 17.6 Å². The summed E-state index contributed by atoms with van der Waals surface area (Å²) in [5.41, 5.74) is 4.03. The highest BCUT2D eigenvalue weighted by molar-refractivity contribution is 7.89. The van der Waals surface area contributed by atoms with Crippen molar-refractivity contribution in [1.29, 1.82) is 5.26 Å². The molecule has 0 saturated heterocycles. The third-order valence-corrected chi connectivity index (χ3v) is 6.35. The van der Waals surface area contributed by atoms with E-state index in [2.05, 4.69) is 26.0 Å². The molecule has 2 N–H and O–H groups in total. The van der Waals surface area contributed by atoms with Crippen LogP contribution in [0.25, 0.3) is 0 Å². The third-order valence-electron chi connectivity index (χ3n) is 5.43. The monoisotopic (exact) mass is 464 g/mol. The number of nitrogens with two attached hydrogens (primary N) is 1. The fourth-order valence-electron chi connectivity index (χ4n) is 3.63. The number of nitrogens with zero attached hydrogens (tertiary/aromatic N) is 1. The van der Waals surface area contributed by atoms with Crippen LogP contribution in [0.1, 0.15) is 47.6 Å². The van der Waals surface area contributed by atoms with Crippen LogP contribution in [-0.2, 0) is 29.5 Å². The molecule has 0 unspecified atom stereocenters. The Morgan fingerprint density at radius 3 is 2.30 bits per heavy atom. The average molecular weight is 465 g/mol. The summed E-state index contributed by atoms with van der Waals surface area (Å²) in [7, 11) is -2.65. The molecule has 7 heteroatoms. The van der Waals surface area contributed by atoms with Gasteiger partial charge in [-0.2, -0.15) is 5.26 Å². The standard InChI is InChI=1S/C26H28N2O4S/c1-18(2)22-11-9-21(24(15-22)32-17-19-7-5-4-6-8-19)10-12-23-13-20(16-27)14-25(26(23)31-3)33(28,29)30/h4-9,11,13-15,18H,10,12,17H2,1-3H3,(H2,28,29,30). The zero-order valence-electron chi connectivity index (χ0n) is 19.0. The molecule has 6 nitrogen and oxygen atoms in total. The highest BCUT2D eigenvalue weighted by Gasteiger charge is 2.20. The van der Waals surface area contributed by atoms with Crippen molar-refractivity contribution in [2.75, 3.05) is 7.11 Å². The Bertz CT molecular complexity index is 1260. The maximum atomic E-state index is 12.1. The lowest BCUT2D eigenvalue weighted by Gasteiger charge is -2.17. The zero-order valence-corrected chi connectivity index (χ0v) is 19.9. The minimum absolute atomic E-state index is 0.169. The molecule has 0 heterocycles. The third kappa shape index (κ3) is 6.13. The van der Waals surface area contributed by atoms with Gasteiger partial charge in [-0.1, -0.05) is 56.3 Å². The van der Waals surface area contributed by atoms with E-state index in [0.717, 1.165) is 16.9 Å². The number of methoxy groups -OCH3 is 1. The fourth-order valence-corrected chi connectivity index (χ4v) is 4.39. The molecule has 33 heavy (non-hydrogen) atoms. The van der Waals surface area contributed by atoms with E-state index in [1.807, 2.05) is 42.5 Å². The van der Waals surface area contributed by atoms with Gasteiger partial charge in [-0.3, -0.25) is 0 Å². The first-order valence-corrected chi connectivity index (χ1v) is 12.2. The number of hydrogen-bond donors (Lipinski definition) is 1. The fraction of sp³-hybridized carbons (Fsp3) is 0.269.